The smallest absolute Gasteiger partial charge is 0.0415 e. The van der Waals surface area contributed by atoms with Gasteiger partial charge in [0.1, 0.15) is 0 Å². The van der Waals surface area contributed by atoms with Crippen LogP contribution in [-0.2, 0) is 6.42 Å². The monoisotopic (exact) mass is 279 g/mol. The number of hydrogen-bond donors (Lipinski definition) is 2. The highest BCUT2D eigenvalue weighted by Crippen LogP contribution is 2.35. The normalized spacial score (nSPS) is 17.8. The maximum absolute atomic E-state index is 3.46. The van der Waals surface area contributed by atoms with E-state index < -0.39 is 0 Å². The summed E-state index contributed by atoms with van der Waals surface area (Å²) < 4.78 is 0. The molecule has 0 saturated carbocycles. The Morgan fingerprint density at radius 3 is 2.90 bits per heavy atom. The van der Waals surface area contributed by atoms with Crippen LogP contribution in [0.2, 0.25) is 0 Å². The van der Waals surface area contributed by atoms with Gasteiger partial charge < -0.3 is 15.2 Å². The zero-order valence-corrected chi connectivity index (χ0v) is 12.4. The molecule has 108 valence electrons. The number of hydrogen-bond acceptors (Lipinski definition) is 2. The molecule has 21 heavy (non-hydrogen) atoms. The Bertz CT molecular complexity index is 696. The molecule has 0 spiro atoms. The maximum atomic E-state index is 3.46. The van der Waals surface area contributed by atoms with Crippen molar-refractivity contribution in [2.45, 2.75) is 13.3 Å². The van der Waals surface area contributed by atoms with Gasteiger partial charge in [0.2, 0.25) is 0 Å². The molecule has 0 atom stereocenters. The molecule has 0 radical (unpaired) electrons. The molecule has 0 bridgehead atoms. The van der Waals surface area contributed by atoms with Gasteiger partial charge in [-0.15, -0.1) is 0 Å². The number of rotatable bonds is 1. The molecule has 3 heterocycles. The van der Waals surface area contributed by atoms with E-state index in [9.17, 15) is 0 Å². The highest BCUT2D eigenvalue weighted by Gasteiger charge is 2.24. The number of nitrogens with zero attached hydrogens (tertiary/aromatic N) is 1. The van der Waals surface area contributed by atoms with Gasteiger partial charge in [0.05, 0.1) is 0 Å². The first kappa shape index (κ1) is 12.7. The van der Waals surface area contributed by atoms with Crippen LogP contribution in [0.1, 0.15) is 16.8 Å². The molecule has 0 unspecified atom stereocenters. The standard InChI is InChI=1S/C18H21N3/c1-13-11-14(12-20-13)15-3-2-4-17-16(15)6-9-21-10-8-19-7-5-18(17)21/h2-5,11-12,19-20H,6-10H2,1H3. The first-order valence-corrected chi connectivity index (χ1v) is 7.76. The zero-order valence-electron chi connectivity index (χ0n) is 12.4. The van der Waals surface area contributed by atoms with Crippen LogP contribution < -0.4 is 5.32 Å². The topological polar surface area (TPSA) is 31.1 Å². The van der Waals surface area contributed by atoms with Crippen LogP contribution in [0.25, 0.3) is 16.8 Å². The molecule has 3 heteroatoms. The number of benzene rings is 1. The minimum Gasteiger partial charge on any atom is -0.370 e. The van der Waals surface area contributed by atoms with Crippen LogP contribution in [0.15, 0.2) is 36.5 Å². The number of aryl methyl sites for hydroxylation is 1. The van der Waals surface area contributed by atoms with Gasteiger partial charge in [0.25, 0.3) is 0 Å². The number of aromatic nitrogens is 1. The first-order valence-electron chi connectivity index (χ1n) is 7.76. The van der Waals surface area contributed by atoms with E-state index in [0.29, 0.717) is 0 Å². The highest BCUT2D eigenvalue weighted by molar-refractivity contribution is 5.78. The number of fused-ring (bicyclic) bond motifs is 3. The molecule has 2 aliphatic rings. The Kier molecular flexibility index (Phi) is 3.08. The quantitative estimate of drug-likeness (QED) is 0.841. The lowest BCUT2D eigenvalue weighted by atomic mass is 9.89. The van der Waals surface area contributed by atoms with E-state index >= 15 is 0 Å². The highest BCUT2D eigenvalue weighted by atomic mass is 15.2. The summed E-state index contributed by atoms with van der Waals surface area (Å²) in [6.07, 6.45) is 5.60. The summed E-state index contributed by atoms with van der Waals surface area (Å²) >= 11 is 0. The molecule has 0 amide bonds. The molecular weight excluding hydrogens is 258 g/mol. The molecule has 1 aromatic heterocycles. The van der Waals surface area contributed by atoms with Crippen LogP contribution >= 0.6 is 0 Å². The summed E-state index contributed by atoms with van der Waals surface area (Å²) in [7, 11) is 0. The fourth-order valence-electron chi connectivity index (χ4n) is 3.52. The predicted molar refractivity (Wildman–Crippen MR) is 87.1 cm³/mol. The van der Waals surface area contributed by atoms with E-state index in [1.807, 2.05) is 0 Å². The molecular formula is C18H21N3. The van der Waals surface area contributed by atoms with Crippen LogP contribution in [0, 0.1) is 6.92 Å². The molecule has 2 N–H and O–H groups in total. The van der Waals surface area contributed by atoms with Gasteiger partial charge in [-0.05, 0) is 42.2 Å². The van der Waals surface area contributed by atoms with Gasteiger partial charge in [-0.2, -0.15) is 0 Å². The van der Waals surface area contributed by atoms with Crippen molar-refractivity contribution in [3.8, 4) is 11.1 Å². The van der Waals surface area contributed by atoms with E-state index in [1.165, 1.54) is 33.6 Å². The third-order valence-electron chi connectivity index (χ3n) is 4.56. The lowest BCUT2D eigenvalue weighted by Gasteiger charge is -2.33. The molecule has 0 aliphatic carbocycles. The average Bonchev–Trinajstić information content (AvgIpc) is 2.80. The Labute approximate surface area is 125 Å². The van der Waals surface area contributed by atoms with Crippen LogP contribution in [0.4, 0.5) is 0 Å². The van der Waals surface area contributed by atoms with Crippen molar-refractivity contribution in [2.24, 2.45) is 0 Å². The fourth-order valence-corrected chi connectivity index (χ4v) is 3.52. The maximum Gasteiger partial charge on any atom is 0.0415 e. The second kappa shape index (κ2) is 5.08. The van der Waals surface area contributed by atoms with E-state index in [1.54, 1.807) is 0 Å². The van der Waals surface area contributed by atoms with Gasteiger partial charge >= 0.3 is 0 Å². The van der Waals surface area contributed by atoms with Gasteiger partial charge in [-0.25, -0.2) is 0 Å². The van der Waals surface area contributed by atoms with Crippen molar-refractivity contribution >= 4 is 5.70 Å². The van der Waals surface area contributed by atoms with Gasteiger partial charge in [-0.1, -0.05) is 18.2 Å². The molecule has 1 aromatic carbocycles. The summed E-state index contributed by atoms with van der Waals surface area (Å²) in [4.78, 5) is 5.83. The average molecular weight is 279 g/mol. The second-order valence-electron chi connectivity index (χ2n) is 5.93. The molecule has 3 nitrogen and oxygen atoms in total. The Hall–Kier alpha value is -2.00. The van der Waals surface area contributed by atoms with E-state index in [2.05, 4.69) is 58.7 Å². The molecule has 2 aliphatic heterocycles. The Morgan fingerprint density at radius 1 is 1.14 bits per heavy atom. The Morgan fingerprint density at radius 2 is 2.05 bits per heavy atom. The third-order valence-corrected chi connectivity index (χ3v) is 4.56. The second-order valence-corrected chi connectivity index (χ2v) is 5.93. The van der Waals surface area contributed by atoms with Gasteiger partial charge in [0, 0.05) is 49.3 Å². The van der Waals surface area contributed by atoms with Crippen molar-refractivity contribution in [1.82, 2.24) is 15.2 Å². The third kappa shape index (κ3) is 2.18. The minimum atomic E-state index is 0.971. The summed E-state index contributed by atoms with van der Waals surface area (Å²) in [6.45, 7) is 6.39. The van der Waals surface area contributed by atoms with Crippen molar-refractivity contribution in [3.63, 3.8) is 0 Å². The molecule has 4 rings (SSSR count). The van der Waals surface area contributed by atoms with Crippen molar-refractivity contribution in [3.05, 3.63) is 53.4 Å². The molecule has 0 fully saturated rings. The Balaban J connectivity index is 1.84. The fraction of sp³-hybridized carbons (Fsp3) is 0.333. The van der Waals surface area contributed by atoms with Gasteiger partial charge in [0.15, 0.2) is 0 Å². The lowest BCUT2D eigenvalue weighted by molar-refractivity contribution is 0.395. The first-order chi connectivity index (χ1) is 10.3. The predicted octanol–water partition coefficient (Wildman–Crippen LogP) is 2.79. The van der Waals surface area contributed by atoms with Crippen molar-refractivity contribution in [1.29, 1.82) is 0 Å². The van der Waals surface area contributed by atoms with Gasteiger partial charge in [-0.3, -0.25) is 0 Å². The zero-order chi connectivity index (χ0) is 14.2. The SMILES string of the molecule is Cc1cc(-c2cccc3c2CCN2CCNCC=C32)c[nH]1. The summed E-state index contributed by atoms with van der Waals surface area (Å²) in [6, 6.07) is 8.97. The largest absolute Gasteiger partial charge is 0.370 e. The summed E-state index contributed by atoms with van der Waals surface area (Å²) in [5.74, 6) is 0. The molecule has 2 aromatic rings. The van der Waals surface area contributed by atoms with E-state index in [-0.39, 0.29) is 0 Å². The van der Waals surface area contributed by atoms with Crippen LogP contribution in [-0.4, -0.2) is 36.1 Å². The van der Waals surface area contributed by atoms with E-state index in [0.717, 1.165) is 32.6 Å². The van der Waals surface area contributed by atoms with Crippen molar-refractivity contribution in [2.75, 3.05) is 26.2 Å². The van der Waals surface area contributed by atoms with Crippen molar-refractivity contribution < 1.29 is 0 Å². The summed E-state index contributed by atoms with van der Waals surface area (Å²) in [5.41, 5.74) is 8.25. The van der Waals surface area contributed by atoms with Crippen LogP contribution in [0.5, 0.6) is 0 Å². The lowest BCUT2D eigenvalue weighted by Crippen LogP contribution is -2.32. The number of aromatic amines is 1. The van der Waals surface area contributed by atoms with E-state index in [4.69, 9.17) is 0 Å². The number of nitrogens with one attached hydrogen (secondary N) is 2. The van der Waals surface area contributed by atoms with Crippen LogP contribution in [0.3, 0.4) is 0 Å². The molecule has 0 saturated heterocycles. The minimum absolute atomic E-state index is 0.971. The number of H-pyrrole nitrogens is 1. The summed E-state index contributed by atoms with van der Waals surface area (Å²) in [5, 5.41) is 3.46.